The van der Waals surface area contributed by atoms with Gasteiger partial charge in [0.05, 0.1) is 10.6 Å². The summed E-state index contributed by atoms with van der Waals surface area (Å²) in [5, 5.41) is 0.524. The molecule has 1 aliphatic rings. The van der Waals surface area contributed by atoms with Gasteiger partial charge < -0.3 is 9.80 Å². The van der Waals surface area contributed by atoms with Crippen molar-refractivity contribution in [2.75, 3.05) is 26.2 Å². The number of nitrogens with zero attached hydrogens (tertiary/aromatic N) is 3. The molecule has 0 unspecified atom stereocenters. The van der Waals surface area contributed by atoms with Crippen molar-refractivity contribution in [2.24, 2.45) is 0 Å². The number of hydrogen-bond donors (Lipinski definition) is 0. The smallest absolute Gasteiger partial charge is 0.255 e. The molecule has 0 saturated carbocycles. The van der Waals surface area contributed by atoms with Crippen LogP contribution in [-0.4, -0.2) is 52.8 Å². The Kier molecular flexibility index (Phi) is 5.42. The zero-order chi connectivity index (χ0) is 15.4. The first-order chi connectivity index (χ1) is 10.0. The second-order valence-corrected chi connectivity index (χ2v) is 5.66. The topological polar surface area (TPSA) is 53.5 Å². The molecule has 0 atom stereocenters. The van der Waals surface area contributed by atoms with Crippen molar-refractivity contribution in [1.82, 2.24) is 14.8 Å². The van der Waals surface area contributed by atoms with Crippen LogP contribution in [0.25, 0.3) is 0 Å². The third-order valence-corrected chi connectivity index (χ3v) is 4.00. The van der Waals surface area contributed by atoms with Gasteiger partial charge in [-0.2, -0.15) is 0 Å². The zero-order valence-electron chi connectivity index (χ0n) is 11.8. The fourth-order valence-electron chi connectivity index (χ4n) is 2.34. The molecule has 1 fully saturated rings. The number of carbonyl (C=O) groups excluding carboxylic acids is 2. The molecule has 114 valence electrons. The first-order valence-corrected chi connectivity index (χ1v) is 7.66. The average Bonchev–Trinajstić information content (AvgIpc) is 2.74. The monoisotopic (exact) mass is 329 g/mol. The summed E-state index contributed by atoms with van der Waals surface area (Å²) in [6.45, 7) is 4.18. The number of pyridine rings is 1. The lowest BCUT2D eigenvalue weighted by Gasteiger charge is -2.22. The van der Waals surface area contributed by atoms with Crippen molar-refractivity contribution < 1.29 is 9.59 Å². The van der Waals surface area contributed by atoms with E-state index in [9.17, 15) is 9.59 Å². The van der Waals surface area contributed by atoms with Gasteiger partial charge in [0.25, 0.3) is 5.91 Å². The molecule has 0 radical (unpaired) electrons. The first kappa shape index (κ1) is 16.0. The molecular weight excluding hydrogens is 313 g/mol. The quantitative estimate of drug-likeness (QED) is 0.783. The van der Waals surface area contributed by atoms with E-state index in [1.807, 2.05) is 6.92 Å². The van der Waals surface area contributed by atoms with Crippen LogP contribution in [0, 0.1) is 0 Å². The van der Waals surface area contributed by atoms with Crippen LogP contribution in [0.15, 0.2) is 12.3 Å². The van der Waals surface area contributed by atoms with Crippen molar-refractivity contribution >= 4 is 35.0 Å². The summed E-state index contributed by atoms with van der Waals surface area (Å²) in [6.07, 6.45) is 2.62. The number of carbonyl (C=O) groups is 2. The molecule has 7 heteroatoms. The van der Waals surface area contributed by atoms with E-state index in [0.29, 0.717) is 38.2 Å². The van der Waals surface area contributed by atoms with E-state index in [2.05, 4.69) is 4.98 Å². The SMILES string of the molecule is CCC(=O)N1CCCN(C(=O)c2cc(Cl)ncc2Cl)CC1. The Morgan fingerprint density at radius 2 is 1.86 bits per heavy atom. The molecule has 0 bridgehead atoms. The molecule has 5 nitrogen and oxygen atoms in total. The second kappa shape index (κ2) is 7.09. The molecule has 2 heterocycles. The molecule has 0 aliphatic carbocycles. The van der Waals surface area contributed by atoms with Crippen LogP contribution in [0.1, 0.15) is 30.1 Å². The second-order valence-electron chi connectivity index (χ2n) is 4.87. The summed E-state index contributed by atoms with van der Waals surface area (Å²) in [5.74, 6) is -0.0515. The van der Waals surface area contributed by atoms with E-state index in [-0.39, 0.29) is 22.0 Å². The van der Waals surface area contributed by atoms with E-state index in [1.54, 1.807) is 9.80 Å². The summed E-state index contributed by atoms with van der Waals surface area (Å²) in [7, 11) is 0. The maximum absolute atomic E-state index is 12.5. The molecule has 1 aliphatic heterocycles. The minimum atomic E-state index is -0.171. The molecule has 2 rings (SSSR count). The standard InChI is InChI=1S/C14H17Cl2N3O2/c1-2-13(20)18-4-3-5-19(7-6-18)14(21)10-8-12(16)17-9-11(10)15/h8-9H,2-7H2,1H3. The lowest BCUT2D eigenvalue weighted by molar-refractivity contribution is -0.130. The Bertz CT molecular complexity index is 551. The Morgan fingerprint density at radius 1 is 1.19 bits per heavy atom. The number of halogens is 2. The van der Waals surface area contributed by atoms with E-state index < -0.39 is 0 Å². The lowest BCUT2D eigenvalue weighted by atomic mass is 10.2. The number of hydrogen-bond acceptors (Lipinski definition) is 3. The third-order valence-electron chi connectivity index (χ3n) is 3.49. The van der Waals surface area contributed by atoms with Crippen LogP contribution >= 0.6 is 23.2 Å². The lowest BCUT2D eigenvalue weighted by Crippen LogP contribution is -2.37. The summed E-state index contributed by atoms with van der Waals surface area (Å²) < 4.78 is 0. The van der Waals surface area contributed by atoms with Crippen LogP contribution in [-0.2, 0) is 4.79 Å². The van der Waals surface area contributed by atoms with Gasteiger partial charge in [-0.3, -0.25) is 9.59 Å². The van der Waals surface area contributed by atoms with Crippen LogP contribution < -0.4 is 0 Å². The van der Waals surface area contributed by atoms with Gasteiger partial charge in [-0.25, -0.2) is 4.98 Å². The van der Waals surface area contributed by atoms with E-state index in [0.717, 1.165) is 6.42 Å². The Hall–Kier alpha value is -1.33. The predicted octanol–water partition coefficient (Wildman–Crippen LogP) is 2.47. The van der Waals surface area contributed by atoms with Gasteiger partial charge in [0.1, 0.15) is 5.15 Å². The molecule has 1 aromatic heterocycles. The summed E-state index contributed by atoms with van der Waals surface area (Å²) >= 11 is 11.8. The summed E-state index contributed by atoms with van der Waals surface area (Å²) in [6, 6.07) is 1.48. The average molecular weight is 330 g/mol. The van der Waals surface area contributed by atoms with Gasteiger partial charge in [-0.15, -0.1) is 0 Å². The zero-order valence-corrected chi connectivity index (χ0v) is 13.3. The molecular formula is C14H17Cl2N3O2. The van der Waals surface area contributed by atoms with Crippen molar-refractivity contribution in [3.8, 4) is 0 Å². The normalized spacial score (nSPS) is 15.8. The van der Waals surface area contributed by atoms with Crippen LogP contribution in [0.2, 0.25) is 10.2 Å². The molecule has 0 aromatic carbocycles. The van der Waals surface area contributed by atoms with Crippen LogP contribution in [0.5, 0.6) is 0 Å². The molecule has 1 aromatic rings. The molecule has 0 N–H and O–H groups in total. The highest BCUT2D eigenvalue weighted by atomic mass is 35.5. The Balaban J connectivity index is 2.10. The molecule has 21 heavy (non-hydrogen) atoms. The molecule has 1 saturated heterocycles. The van der Waals surface area contributed by atoms with Crippen LogP contribution in [0.3, 0.4) is 0 Å². The molecule has 2 amide bonds. The summed E-state index contributed by atoms with van der Waals surface area (Å²) in [5.41, 5.74) is 0.354. The Labute approximate surface area is 133 Å². The van der Waals surface area contributed by atoms with Crippen molar-refractivity contribution in [1.29, 1.82) is 0 Å². The van der Waals surface area contributed by atoms with Crippen molar-refractivity contribution in [2.45, 2.75) is 19.8 Å². The van der Waals surface area contributed by atoms with Gasteiger partial charge in [0.15, 0.2) is 0 Å². The predicted molar refractivity (Wildman–Crippen MR) is 81.6 cm³/mol. The maximum atomic E-state index is 12.5. The van der Waals surface area contributed by atoms with Gasteiger partial charge in [0.2, 0.25) is 5.91 Å². The van der Waals surface area contributed by atoms with Crippen molar-refractivity contribution in [3.05, 3.63) is 28.0 Å². The van der Waals surface area contributed by atoms with E-state index in [4.69, 9.17) is 23.2 Å². The fourth-order valence-corrected chi connectivity index (χ4v) is 2.68. The highest BCUT2D eigenvalue weighted by Crippen LogP contribution is 2.20. The minimum Gasteiger partial charge on any atom is -0.341 e. The van der Waals surface area contributed by atoms with Gasteiger partial charge >= 0.3 is 0 Å². The van der Waals surface area contributed by atoms with E-state index in [1.165, 1.54) is 12.3 Å². The molecule has 0 spiro atoms. The number of amides is 2. The number of aromatic nitrogens is 1. The van der Waals surface area contributed by atoms with Gasteiger partial charge in [-0.05, 0) is 12.5 Å². The van der Waals surface area contributed by atoms with E-state index >= 15 is 0 Å². The fraction of sp³-hybridized carbons (Fsp3) is 0.500. The van der Waals surface area contributed by atoms with Gasteiger partial charge in [0, 0.05) is 38.8 Å². The highest BCUT2D eigenvalue weighted by molar-refractivity contribution is 6.35. The van der Waals surface area contributed by atoms with Crippen LogP contribution in [0.4, 0.5) is 0 Å². The maximum Gasteiger partial charge on any atom is 0.255 e. The third kappa shape index (κ3) is 3.86. The highest BCUT2D eigenvalue weighted by Gasteiger charge is 2.23. The minimum absolute atomic E-state index is 0.120. The van der Waals surface area contributed by atoms with Crippen molar-refractivity contribution in [3.63, 3.8) is 0 Å². The first-order valence-electron chi connectivity index (χ1n) is 6.91. The Morgan fingerprint density at radius 3 is 2.57 bits per heavy atom. The largest absolute Gasteiger partial charge is 0.341 e. The summed E-state index contributed by atoms with van der Waals surface area (Å²) in [4.78, 5) is 31.6. The van der Waals surface area contributed by atoms with Gasteiger partial charge in [-0.1, -0.05) is 30.1 Å². The number of rotatable bonds is 2.